The average Bonchev–Trinajstić information content (AvgIpc) is 3.26. The van der Waals surface area contributed by atoms with Crippen molar-refractivity contribution in [2.24, 2.45) is 0 Å². The van der Waals surface area contributed by atoms with E-state index in [1.165, 1.54) is 0 Å². The van der Waals surface area contributed by atoms with Gasteiger partial charge in [-0.3, -0.25) is 0 Å². The topological polar surface area (TPSA) is 58.2 Å². The number of sulfonamides is 1. The number of hydrogen-bond donors (Lipinski definition) is 2. The van der Waals surface area contributed by atoms with Gasteiger partial charge in [0.25, 0.3) is 0 Å². The molecule has 0 bridgehead atoms. The molecule has 0 unspecified atom stereocenters. The number of rotatable bonds is 8. The summed E-state index contributed by atoms with van der Waals surface area (Å²) in [6, 6.07) is 5.69. The zero-order chi connectivity index (χ0) is 15.5. The lowest BCUT2D eigenvalue weighted by atomic mass is 10.1. The zero-order valence-electron chi connectivity index (χ0n) is 12.9. The summed E-state index contributed by atoms with van der Waals surface area (Å²) in [6.45, 7) is 3.17. The first-order valence-corrected chi connectivity index (χ1v) is 9.98. The van der Waals surface area contributed by atoms with Crippen LogP contribution < -0.4 is 10.0 Å². The molecule has 1 saturated carbocycles. The van der Waals surface area contributed by atoms with Crippen molar-refractivity contribution in [2.75, 3.05) is 19.8 Å². The SMILES string of the molecule is CCc1ccc(CNC)cc1S(=O)(=O)NCC1(SC)CC1. The molecule has 0 aliphatic heterocycles. The molecule has 0 aromatic heterocycles. The fourth-order valence-electron chi connectivity index (χ4n) is 2.35. The lowest BCUT2D eigenvalue weighted by molar-refractivity contribution is 0.578. The van der Waals surface area contributed by atoms with Crippen LogP contribution in [0, 0.1) is 0 Å². The second-order valence-electron chi connectivity index (χ2n) is 5.54. The van der Waals surface area contributed by atoms with E-state index in [1.807, 2.05) is 32.4 Å². The van der Waals surface area contributed by atoms with E-state index in [2.05, 4.69) is 10.0 Å². The molecule has 0 spiro atoms. The zero-order valence-corrected chi connectivity index (χ0v) is 14.5. The fraction of sp³-hybridized carbons (Fsp3) is 0.600. The Morgan fingerprint density at radius 3 is 2.57 bits per heavy atom. The van der Waals surface area contributed by atoms with Crippen molar-refractivity contribution in [2.45, 2.75) is 42.4 Å². The highest BCUT2D eigenvalue weighted by molar-refractivity contribution is 8.00. The molecule has 1 aliphatic rings. The van der Waals surface area contributed by atoms with Crippen LogP contribution in [-0.4, -0.2) is 33.0 Å². The minimum atomic E-state index is -3.44. The van der Waals surface area contributed by atoms with Gasteiger partial charge in [0.15, 0.2) is 0 Å². The van der Waals surface area contributed by atoms with Crippen molar-refractivity contribution in [1.29, 1.82) is 0 Å². The lowest BCUT2D eigenvalue weighted by Gasteiger charge is -2.16. The third-order valence-electron chi connectivity index (χ3n) is 4.01. The van der Waals surface area contributed by atoms with Gasteiger partial charge in [0, 0.05) is 17.8 Å². The van der Waals surface area contributed by atoms with Crippen LogP contribution in [0.1, 0.15) is 30.9 Å². The van der Waals surface area contributed by atoms with Crippen molar-refractivity contribution >= 4 is 21.8 Å². The van der Waals surface area contributed by atoms with Crippen LogP contribution in [0.2, 0.25) is 0 Å². The molecular weight excluding hydrogens is 304 g/mol. The van der Waals surface area contributed by atoms with Crippen LogP contribution in [-0.2, 0) is 23.0 Å². The molecule has 118 valence electrons. The first-order valence-electron chi connectivity index (χ1n) is 7.27. The predicted molar refractivity (Wildman–Crippen MR) is 89.3 cm³/mol. The molecule has 1 aromatic rings. The van der Waals surface area contributed by atoms with Gasteiger partial charge < -0.3 is 5.32 Å². The van der Waals surface area contributed by atoms with E-state index in [-0.39, 0.29) is 4.75 Å². The van der Waals surface area contributed by atoms with Gasteiger partial charge in [0.1, 0.15) is 0 Å². The van der Waals surface area contributed by atoms with Gasteiger partial charge in [0.2, 0.25) is 10.0 Å². The third-order valence-corrected chi connectivity index (χ3v) is 6.91. The molecule has 2 rings (SSSR count). The maximum absolute atomic E-state index is 12.6. The predicted octanol–water partition coefficient (Wildman–Crippen LogP) is 2.14. The highest BCUT2D eigenvalue weighted by Gasteiger charge is 2.42. The van der Waals surface area contributed by atoms with Gasteiger partial charge in [-0.15, -0.1) is 0 Å². The van der Waals surface area contributed by atoms with Crippen LogP contribution in [0.25, 0.3) is 0 Å². The van der Waals surface area contributed by atoms with E-state index >= 15 is 0 Å². The summed E-state index contributed by atoms with van der Waals surface area (Å²) >= 11 is 1.76. The number of thioether (sulfide) groups is 1. The Morgan fingerprint density at radius 2 is 2.05 bits per heavy atom. The number of aryl methyl sites for hydroxylation is 1. The molecule has 1 aliphatic carbocycles. The average molecular weight is 329 g/mol. The smallest absolute Gasteiger partial charge is 0.240 e. The quantitative estimate of drug-likeness (QED) is 0.768. The van der Waals surface area contributed by atoms with Crippen molar-refractivity contribution in [3.63, 3.8) is 0 Å². The van der Waals surface area contributed by atoms with E-state index in [1.54, 1.807) is 17.8 Å². The van der Waals surface area contributed by atoms with Crippen LogP contribution in [0.3, 0.4) is 0 Å². The van der Waals surface area contributed by atoms with Crippen LogP contribution in [0.15, 0.2) is 23.1 Å². The molecule has 2 N–H and O–H groups in total. The van der Waals surface area contributed by atoms with Gasteiger partial charge in [-0.1, -0.05) is 19.1 Å². The third kappa shape index (κ3) is 4.00. The van der Waals surface area contributed by atoms with Crippen LogP contribution in [0.5, 0.6) is 0 Å². The summed E-state index contributed by atoms with van der Waals surface area (Å²) in [5, 5.41) is 3.06. The minimum Gasteiger partial charge on any atom is -0.316 e. The highest BCUT2D eigenvalue weighted by atomic mass is 32.2. The number of benzene rings is 1. The maximum Gasteiger partial charge on any atom is 0.240 e. The van der Waals surface area contributed by atoms with E-state index in [0.717, 1.165) is 24.0 Å². The first kappa shape index (κ1) is 16.8. The Morgan fingerprint density at radius 1 is 1.33 bits per heavy atom. The monoisotopic (exact) mass is 328 g/mol. The molecule has 21 heavy (non-hydrogen) atoms. The molecule has 4 nitrogen and oxygen atoms in total. The summed E-state index contributed by atoms with van der Waals surface area (Å²) in [5.41, 5.74) is 1.86. The molecule has 0 amide bonds. The molecular formula is C15H24N2O2S2. The Hall–Kier alpha value is -0.560. The van der Waals surface area contributed by atoms with Gasteiger partial charge in [-0.2, -0.15) is 11.8 Å². The van der Waals surface area contributed by atoms with Crippen molar-refractivity contribution in [3.8, 4) is 0 Å². The van der Waals surface area contributed by atoms with Gasteiger partial charge in [-0.05, 0) is 49.8 Å². The molecule has 1 fully saturated rings. The standard InChI is InChI=1S/C15H24N2O2S2/c1-4-13-6-5-12(10-16-2)9-14(13)21(18,19)17-11-15(20-3)7-8-15/h5-6,9,16-17H,4,7-8,10-11H2,1-3H3. The Balaban J connectivity index is 2.22. The second kappa shape index (κ2) is 6.69. The summed E-state index contributed by atoms with van der Waals surface area (Å²) in [5.74, 6) is 0. The minimum absolute atomic E-state index is 0.127. The molecule has 0 saturated heterocycles. The van der Waals surface area contributed by atoms with E-state index in [9.17, 15) is 8.42 Å². The van der Waals surface area contributed by atoms with E-state index in [4.69, 9.17) is 0 Å². The van der Waals surface area contributed by atoms with Crippen molar-refractivity contribution in [1.82, 2.24) is 10.0 Å². The lowest BCUT2D eigenvalue weighted by Crippen LogP contribution is -2.32. The van der Waals surface area contributed by atoms with E-state index < -0.39 is 10.0 Å². The van der Waals surface area contributed by atoms with Crippen LogP contribution in [0.4, 0.5) is 0 Å². The van der Waals surface area contributed by atoms with Crippen LogP contribution >= 0.6 is 11.8 Å². The largest absolute Gasteiger partial charge is 0.316 e. The molecule has 0 heterocycles. The Kier molecular flexibility index (Phi) is 5.35. The van der Waals surface area contributed by atoms with Crippen molar-refractivity contribution in [3.05, 3.63) is 29.3 Å². The summed E-state index contributed by atoms with van der Waals surface area (Å²) < 4.78 is 28.2. The molecule has 0 atom stereocenters. The normalized spacial score (nSPS) is 16.9. The van der Waals surface area contributed by atoms with E-state index in [0.29, 0.717) is 24.4 Å². The van der Waals surface area contributed by atoms with Gasteiger partial charge >= 0.3 is 0 Å². The van der Waals surface area contributed by atoms with Gasteiger partial charge in [0.05, 0.1) is 4.90 Å². The number of hydrogen-bond acceptors (Lipinski definition) is 4. The summed E-state index contributed by atoms with van der Waals surface area (Å²) in [7, 11) is -1.58. The van der Waals surface area contributed by atoms with Gasteiger partial charge in [-0.25, -0.2) is 13.1 Å². The first-order chi connectivity index (χ1) is 9.96. The molecule has 0 radical (unpaired) electrons. The Bertz CT molecular complexity index is 596. The summed E-state index contributed by atoms with van der Waals surface area (Å²) in [4.78, 5) is 0.426. The fourth-order valence-corrected chi connectivity index (χ4v) is 4.66. The summed E-state index contributed by atoms with van der Waals surface area (Å²) in [6.07, 6.45) is 4.95. The maximum atomic E-state index is 12.6. The molecule has 6 heteroatoms. The number of nitrogens with one attached hydrogen (secondary N) is 2. The highest BCUT2D eigenvalue weighted by Crippen LogP contribution is 2.46. The second-order valence-corrected chi connectivity index (χ2v) is 8.55. The Labute approximate surface area is 132 Å². The molecule has 1 aromatic carbocycles. The van der Waals surface area contributed by atoms with Crippen molar-refractivity contribution < 1.29 is 8.42 Å².